The average molecular weight is 183 g/mol. The van der Waals surface area contributed by atoms with Gasteiger partial charge in [0.2, 0.25) is 0 Å². The van der Waals surface area contributed by atoms with Crippen LogP contribution in [0, 0.1) is 17.8 Å². The van der Waals surface area contributed by atoms with E-state index in [1.165, 1.54) is 38.5 Å². The molecule has 0 aliphatic heterocycles. The molecule has 0 heterocycles. The third-order valence-corrected chi connectivity index (χ3v) is 3.28. The molecule has 1 aliphatic rings. The van der Waals surface area contributed by atoms with E-state index in [9.17, 15) is 0 Å². The fourth-order valence-corrected chi connectivity index (χ4v) is 2.20. The summed E-state index contributed by atoms with van der Waals surface area (Å²) < 4.78 is 0. The first-order chi connectivity index (χ1) is 6.22. The zero-order valence-electron chi connectivity index (χ0n) is 9.05. The van der Waals surface area contributed by atoms with Crippen LogP contribution >= 0.6 is 0 Å². The lowest BCUT2D eigenvalue weighted by Crippen LogP contribution is -2.17. The molecule has 0 aromatic carbocycles. The molecule has 0 aromatic rings. The molecule has 0 saturated heterocycles. The summed E-state index contributed by atoms with van der Waals surface area (Å²) in [6.45, 7) is 4.85. The van der Waals surface area contributed by atoms with Crippen molar-refractivity contribution in [2.75, 3.05) is 6.61 Å². The third kappa shape index (κ3) is 4.12. The highest BCUT2D eigenvalue weighted by Gasteiger charge is 2.20. The second kappa shape index (κ2) is 5.64. The van der Waals surface area contributed by atoms with E-state index in [2.05, 4.69) is 13.8 Å². The van der Waals surface area contributed by atoms with E-state index >= 15 is 0 Å². The van der Waals surface area contributed by atoms with Crippen LogP contribution in [-0.2, 0) is 0 Å². The lowest BCUT2D eigenvalue weighted by atomic mass is 9.79. The molecular formula is C12H23O. The molecule has 0 bridgehead atoms. The van der Waals surface area contributed by atoms with Gasteiger partial charge in [-0.15, -0.1) is 0 Å². The van der Waals surface area contributed by atoms with Crippen LogP contribution in [0.4, 0.5) is 0 Å². The molecule has 77 valence electrons. The van der Waals surface area contributed by atoms with E-state index in [1.54, 1.807) is 5.92 Å². The molecule has 13 heavy (non-hydrogen) atoms. The van der Waals surface area contributed by atoms with Gasteiger partial charge in [0.05, 0.1) is 0 Å². The minimum atomic E-state index is 0.408. The van der Waals surface area contributed by atoms with Crippen molar-refractivity contribution in [3.63, 3.8) is 0 Å². The predicted molar refractivity (Wildman–Crippen MR) is 56.4 cm³/mol. The molecule has 0 spiro atoms. The zero-order valence-corrected chi connectivity index (χ0v) is 9.05. The van der Waals surface area contributed by atoms with Gasteiger partial charge in [0, 0.05) is 6.61 Å². The number of rotatable bonds is 4. The average Bonchev–Trinajstić information content (AvgIpc) is 2.15. The minimum Gasteiger partial charge on any atom is -0.396 e. The second-order valence-electron chi connectivity index (χ2n) is 4.82. The molecule has 1 N–H and O–H groups in total. The van der Waals surface area contributed by atoms with Gasteiger partial charge in [0.15, 0.2) is 0 Å². The highest BCUT2D eigenvalue weighted by molar-refractivity contribution is 4.80. The van der Waals surface area contributed by atoms with Crippen LogP contribution in [0.25, 0.3) is 0 Å². The van der Waals surface area contributed by atoms with E-state index in [0.717, 1.165) is 5.92 Å². The van der Waals surface area contributed by atoms with Gasteiger partial charge in [-0.2, -0.15) is 0 Å². The maximum absolute atomic E-state index is 8.99. The van der Waals surface area contributed by atoms with E-state index in [1.807, 2.05) is 0 Å². The topological polar surface area (TPSA) is 20.2 Å². The normalized spacial score (nSPS) is 29.5. The first-order valence-electron chi connectivity index (χ1n) is 5.62. The Hall–Kier alpha value is -0.0400. The summed E-state index contributed by atoms with van der Waals surface area (Å²) in [7, 11) is 0. The first kappa shape index (κ1) is 11.0. The Labute approximate surface area is 82.5 Å². The number of hydrogen-bond donors (Lipinski definition) is 1. The summed E-state index contributed by atoms with van der Waals surface area (Å²) in [5.41, 5.74) is 0. The molecule has 1 rings (SSSR count). The molecule has 1 aliphatic carbocycles. The highest BCUT2D eigenvalue weighted by atomic mass is 16.3. The standard InChI is InChI=1S/C12H23O/c1-10(2)3-4-11-5-7-12(9-13)8-6-11/h11-13H,3-9H2,1-2H3. The molecule has 1 fully saturated rings. The molecule has 0 aromatic heterocycles. The monoisotopic (exact) mass is 183 g/mol. The van der Waals surface area contributed by atoms with Gasteiger partial charge in [-0.3, -0.25) is 0 Å². The summed E-state index contributed by atoms with van der Waals surface area (Å²) in [5, 5.41) is 8.99. The van der Waals surface area contributed by atoms with Crippen LogP contribution in [0.1, 0.15) is 52.4 Å². The summed E-state index contributed by atoms with van der Waals surface area (Å²) in [5.74, 6) is 3.12. The number of aliphatic hydroxyl groups excluding tert-OH is 1. The van der Waals surface area contributed by atoms with Gasteiger partial charge in [0.1, 0.15) is 0 Å². The fraction of sp³-hybridized carbons (Fsp3) is 0.917. The van der Waals surface area contributed by atoms with Crippen molar-refractivity contribution in [1.82, 2.24) is 0 Å². The summed E-state index contributed by atoms with van der Waals surface area (Å²) >= 11 is 0. The van der Waals surface area contributed by atoms with Gasteiger partial charge in [0.25, 0.3) is 0 Å². The van der Waals surface area contributed by atoms with Gasteiger partial charge in [-0.1, -0.05) is 26.7 Å². The van der Waals surface area contributed by atoms with Gasteiger partial charge in [-0.05, 0) is 43.4 Å². The van der Waals surface area contributed by atoms with E-state index in [0.29, 0.717) is 12.5 Å². The molecule has 1 saturated carbocycles. The lowest BCUT2D eigenvalue weighted by molar-refractivity contribution is 0.164. The SMILES string of the molecule is C[C](C)CCC1CCC(CO)CC1. The van der Waals surface area contributed by atoms with Crippen LogP contribution < -0.4 is 0 Å². The minimum absolute atomic E-state index is 0.408. The molecule has 0 amide bonds. The fourth-order valence-electron chi connectivity index (χ4n) is 2.20. The van der Waals surface area contributed by atoms with Crippen molar-refractivity contribution in [3.05, 3.63) is 5.92 Å². The summed E-state index contributed by atoms with van der Waals surface area (Å²) in [6.07, 6.45) is 7.87. The van der Waals surface area contributed by atoms with Crippen molar-refractivity contribution in [2.24, 2.45) is 11.8 Å². The van der Waals surface area contributed by atoms with E-state index in [-0.39, 0.29) is 0 Å². The first-order valence-corrected chi connectivity index (χ1v) is 5.62. The predicted octanol–water partition coefficient (Wildman–Crippen LogP) is 3.18. The smallest absolute Gasteiger partial charge is 0.0459 e. The highest BCUT2D eigenvalue weighted by Crippen LogP contribution is 2.32. The maximum atomic E-state index is 8.99. The number of aliphatic hydroxyl groups is 1. The van der Waals surface area contributed by atoms with Gasteiger partial charge >= 0.3 is 0 Å². The largest absolute Gasteiger partial charge is 0.396 e. The van der Waals surface area contributed by atoms with Crippen molar-refractivity contribution >= 4 is 0 Å². The van der Waals surface area contributed by atoms with Crippen LogP contribution in [-0.4, -0.2) is 11.7 Å². The second-order valence-corrected chi connectivity index (χ2v) is 4.82. The van der Waals surface area contributed by atoms with Crippen LogP contribution in [0.5, 0.6) is 0 Å². The Morgan fingerprint density at radius 2 is 1.62 bits per heavy atom. The molecule has 0 atom stereocenters. The van der Waals surface area contributed by atoms with Crippen LogP contribution in [0.15, 0.2) is 0 Å². The zero-order chi connectivity index (χ0) is 9.68. The molecule has 1 heteroatoms. The molecule has 1 nitrogen and oxygen atoms in total. The lowest BCUT2D eigenvalue weighted by Gasteiger charge is -2.27. The van der Waals surface area contributed by atoms with Crippen molar-refractivity contribution in [1.29, 1.82) is 0 Å². The molecule has 0 unspecified atom stereocenters. The Bertz CT molecular complexity index is 123. The Balaban J connectivity index is 2.10. The summed E-state index contributed by atoms with van der Waals surface area (Å²) in [4.78, 5) is 0. The number of hydrogen-bond acceptors (Lipinski definition) is 1. The Morgan fingerprint density at radius 1 is 1.08 bits per heavy atom. The van der Waals surface area contributed by atoms with Crippen molar-refractivity contribution < 1.29 is 5.11 Å². The van der Waals surface area contributed by atoms with E-state index in [4.69, 9.17) is 5.11 Å². The van der Waals surface area contributed by atoms with Crippen LogP contribution in [0.2, 0.25) is 0 Å². The van der Waals surface area contributed by atoms with Crippen LogP contribution in [0.3, 0.4) is 0 Å². The quantitative estimate of drug-likeness (QED) is 0.709. The van der Waals surface area contributed by atoms with Crippen molar-refractivity contribution in [2.45, 2.75) is 52.4 Å². The Kier molecular flexibility index (Phi) is 4.79. The third-order valence-electron chi connectivity index (χ3n) is 3.28. The summed E-state index contributed by atoms with van der Waals surface area (Å²) in [6, 6.07) is 0. The maximum Gasteiger partial charge on any atom is 0.0459 e. The Morgan fingerprint density at radius 3 is 2.08 bits per heavy atom. The van der Waals surface area contributed by atoms with Gasteiger partial charge in [-0.25, -0.2) is 0 Å². The van der Waals surface area contributed by atoms with Crippen molar-refractivity contribution in [3.8, 4) is 0 Å². The molecular weight excluding hydrogens is 160 g/mol. The van der Waals surface area contributed by atoms with Gasteiger partial charge < -0.3 is 5.11 Å². The molecule has 1 radical (unpaired) electrons. The van der Waals surface area contributed by atoms with E-state index < -0.39 is 0 Å².